The molecule has 6 nitrogen and oxygen atoms in total. The summed E-state index contributed by atoms with van der Waals surface area (Å²) in [5, 5.41) is 0. The molecule has 2 amide bonds. The molecule has 4 rings (SSSR count). The molecule has 6 heteroatoms. The van der Waals surface area contributed by atoms with Crippen LogP contribution in [0.3, 0.4) is 0 Å². The van der Waals surface area contributed by atoms with Crippen LogP contribution in [-0.2, 0) is 9.59 Å². The van der Waals surface area contributed by atoms with Crippen molar-refractivity contribution >= 4 is 23.2 Å². The van der Waals surface area contributed by atoms with Crippen molar-refractivity contribution in [2.75, 3.05) is 30.6 Å². The Bertz CT molecular complexity index is 1140. The first-order chi connectivity index (χ1) is 15.9. The summed E-state index contributed by atoms with van der Waals surface area (Å²) >= 11 is 0. The van der Waals surface area contributed by atoms with E-state index in [1.54, 1.807) is 55.5 Å². The largest absolute Gasteiger partial charge is 0.497 e. The molecule has 1 heterocycles. The van der Waals surface area contributed by atoms with Crippen molar-refractivity contribution < 1.29 is 19.1 Å². The van der Waals surface area contributed by atoms with Gasteiger partial charge in [-0.25, -0.2) is 0 Å². The number of benzene rings is 3. The molecule has 0 aromatic heterocycles. The van der Waals surface area contributed by atoms with Gasteiger partial charge >= 0.3 is 0 Å². The van der Waals surface area contributed by atoms with Crippen molar-refractivity contribution in [3.8, 4) is 11.5 Å². The molecule has 0 N–H and O–H groups in total. The molecule has 0 radical (unpaired) electrons. The summed E-state index contributed by atoms with van der Waals surface area (Å²) in [5.74, 6) is 1.23. The molecule has 0 saturated carbocycles. The minimum absolute atomic E-state index is 0.0776. The van der Waals surface area contributed by atoms with Crippen molar-refractivity contribution in [3.63, 3.8) is 0 Å². The van der Waals surface area contributed by atoms with E-state index in [1.165, 1.54) is 10.5 Å². The van der Waals surface area contributed by atoms with E-state index in [4.69, 9.17) is 9.47 Å². The van der Waals surface area contributed by atoms with E-state index in [0.717, 1.165) is 5.56 Å². The lowest BCUT2D eigenvalue weighted by Gasteiger charge is -2.40. The molecule has 3 aromatic carbocycles. The molecular weight excluding hydrogens is 416 g/mol. The molecule has 1 fully saturated rings. The fourth-order valence-electron chi connectivity index (χ4n) is 4.14. The van der Waals surface area contributed by atoms with Crippen molar-refractivity contribution in [2.24, 2.45) is 0 Å². The number of nitrogens with zero attached hydrogens (tertiary/aromatic N) is 2. The first-order valence-electron chi connectivity index (χ1n) is 10.9. The van der Waals surface area contributed by atoms with Gasteiger partial charge in [-0.1, -0.05) is 50.2 Å². The Balaban J connectivity index is 1.81. The van der Waals surface area contributed by atoms with Crippen LogP contribution in [0.2, 0.25) is 0 Å². The zero-order valence-corrected chi connectivity index (χ0v) is 19.3. The minimum atomic E-state index is -0.800. The highest BCUT2D eigenvalue weighted by Crippen LogP contribution is 2.38. The SMILES string of the molecule is COc1ccc(N2C(=O)CN(c3ccccc3OC)C(=O)[C@H]2c2ccc(C(C)C)cc2)cc1. The molecule has 0 bridgehead atoms. The van der Waals surface area contributed by atoms with Crippen molar-refractivity contribution in [3.05, 3.63) is 83.9 Å². The van der Waals surface area contributed by atoms with Crippen molar-refractivity contribution in [1.29, 1.82) is 0 Å². The zero-order valence-electron chi connectivity index (χ0n) is 19.3. The van der Waals surface area contributed by atoms with Crippen LogP contribution in [-0.4, -0.2) is 32.6 Å². The van der Waals surface area contributed by atoms with Crippen LogP contribution in [0.5, 0.6) is 11.5 Å². The Labute approximate surface area is 194 Å². The van der Waals surface area contributed by atoms with Gasteiger partial charge in [0.1, 0.15) is 24.1 Å². The first kappa shape index (κ1) is 22.4. The lowest BCUT2D eigenvalue weighted by molar-refractivity contribution is -0.128. The number of hydrogen-bond acceptors (Lipinski definition) is 4. The average Bonchev–Trinajstić information content (AvgIpc) is 2.85. The number of piperazine rings is 1. The number of carbonyl (C=O) groups is 2. The number of para-hydroxylation sites is 2. The number of rotatable bonds is 6. The van der Waals surface area contributed by atoms with Crippen LogP contribution in [0, 0.1) is 0 Å². The molecular formula is C27H28N2O4. The predicted molar refractivity (Wildman–Crippen MR) is 129 cm³/mol. The number of methoxy groups -OCH3 is 2. The Morgan fingerprint density at radius 1 is 0.848 bits per heavy atom. The van der Waals surface area contributed by atoms with Gasteiger partial charge in [-0.05, 0) is 53.4 Å². The van der Waals surface area contributed by atoms with Gasteiger partial charge in [0.25, 0.3) is 5.91 Å². The molecule has 1 saturated heterocycles. The molecule has 1 atom stereocenters. The van der Waals surface area contributed by atoms with Crippen molar-refractivity contribution in [1.82, 2.24) is 0 Å². The highest BCUT2D eigenvalue weighted by molar-refractivity contribution is 6.15. The summed E-state index contributed by atoms with van der Waals surface area (Å²) < 4.78 is 10.7. The fourth-order valence-corrected chi connectivity index (χ4v) is 4.14. The van der Waals surface area contributed by atoms with Gasteiger partial charge in [0.2, 0.25) is 5.91 Å². The van der Waals surface area contributed by atoms with Gasteiger partial charge in [-0.2, -0.15) is 0 Å². The molecule has 170 valence electrons. The van der Waals surface area contributed by atoms with Crippen molar-refractivity contribution in [2.45, 2.75) is 25.8 Å². The van der Waals surface area contributed by atoms with E-state index < -0.39 is 6.04 Å². The molecule has 0 unspecified atom stereocenters. The second-order valence-corrected chi connectivity index (χ2v) is 8.28. The van der Waals surface area contributed by atoms with Gasteiger partial charge in [-0.3, -0.25) is 19.4 Å². The summed E-state index contributed by atoms with van der Waals surface area (Å²) in [6.45, 7) is 4.17. The van der Waals surface area contributed by atoms with E-state index >= 15 is 0 Å². The molecule has 0 spiro atoms. The van der Waals surface area contributed by atoms with E-state index in [0.29, 0.717) is 28.8 Å². The number of carbonyl (C=O) groups excluding carboxylic acids is 2. The third-order valence-corrected chi connectivity index (χ3v) is 5.97. The van der Waals surface area contributed by atoms with E-state index in [-0.39, 0.29) is 18.4 Å². The Hall–Kier alpha value is -3.80. The second-order valence-electron chi connectivity index (χ2n) is 8.28. The van der Waals surface area contributed by atoms with Gasteiger partial charge < -0.3 is 9.47 Å². The number of amides is 2. The third kappa shape index (κ3) is 4.29. The molecule has 1 aliphatic rings. The summed E-state index contributed by atoms with van der Waals surface area (Å²) in [5.41, 5.74) is 3.15. The lowest BCUT2D eigenvalue weighted by Crippen LogP contribution is -2.56. The van der Waals surface area contributed by atoms with Crippen LogP contribution in [0.1, 0.15) is 36.9 Å². The topological polar surface area (TPSA) is 59.1 Å². The highest BCUT2D eigenvalue weighted by Gasteiger charge is 2.42. The molecule has 0 aliphatic carbocycles. The maximum atomic E-state index is 13.9. The predicted octanol–water partition coefficient (Wildman–Crippen LogP) is 4.95. The first-order valence-corrected chi connectivity index (χ1v) is 10.9. The summed E-state index contributed by atoms with van der Waals surface area (Å²) in [4.78, 5) is 30.5. The number of ether oxygens (including phenoxy) is 2. The molecule has 3 aromatic rings. The maximum Gasteiger partial charge on any atom is 0.255 e. The zero-order chi connectivity index (χ0) is 23.5. The number of hydrogen-bond donors (Lipinski definition) is 0. The lowest BCUT2D eigenvalue weighted by atomic mass is 9.95. The maximum absolute atomic E-state index is 13.9. The summed E-state index contributed by atoms with van der Waals surface area (Å²) in [6.07, 6.45) is 0. The van der Waals surface area contributed by atoms with Crippen LogP contribution >= 0.6 is 0 Å². The van der Waals surface area contributed by atoms with Crippen LogP contribution in [0.15, 0.2) is 72.8 Å². The Kier molecular flexibility index (Phi) is 6.36. The summed E-state index contributed by atoms with van der Waals surface area (Å²) in [6, 6.07) is 21.6. The van der Waals surface area contributed by atoms with E-state index in [2.05, 4.69) is 13.8 Å². The fraction of sp³-hybridized carbons (Fsp3) is 0.259. The van der Waals surface area contributed by atoms with Gasteiger partial charge in [-0.15, -0.1) is 0 Å². The van der Waals surface area contributed by atoms with Gasteiger partial charge in [0.15, 0.2) is 0 Å². The normalized spacial score (nSPS) is 16.3. The average molecular weight is 445 g/mol. The molecule has 1 aliphatic heterocycles. The van der Waals surface area contributed by atoms with Crippen LogP contribution in [0.25, 0.3) is 0 Å². The van der Waals surface area contributed by atoms with Gasteiger partial charge in [0, 0.05) is 5.69 Å². The third-order valence-electron chi connectivity index (χ3n) is 5.97. The molecule has 33 heavy (non-hydrogen) atoms. The highest BCUT2D eigenvalue weighted by atomic mass is 16.5. The minimum Gasteiger partial charge on any atom is -0.497 e. The van der Waals surface area contributed by atoms with Gasteiger partial charge in [0.05, 0.1) is 19.9 Å². The van der Waals surface area contributed by atoms with E-state index in [1.807, 2.05) is 36.4 Å². The van der Waals surface area contributed by atoms with Crippen LogP contribution in [0.4, 0.5) is 11.4 Å². The Morgan fingerprint density at radius 3 is 2.12 bits per heavy atom. The smallest absolute Gasteiger partial charge is 0.255 e. The number of anilines is 2. The summed E-state index contributed by atoms with van der Waals surface area (Å²) in [7, 11) is 3.15. The quantitative estimate of drug-likeness (QED) is 0.540. The van der Waals surface area contributed by atoms with E-state index in [9.17, 15) is 9.59 Å². The monoisotopic (exact) mass is 444 g/mol. The standard InChI is InChI=1S/C27H28N2O4/c1-18(2)19-9-11-20(12-10-19)26-27(31)28(23-7-5-6-8-24(23)33-4)17-25(30)29(26)21-13-15-22(32-3)16-14-21/h5-16,18,26H,17H2,1-4H3/t26-/m1/s1. The Morgan fingerprint density at radius 2 is 1.52 bits per heavy atom. The van der Waals surface area contributed by atoms with Crippen LogP contribution < -0.4 is 19.3 Å². The second kappa shape index (κ2) is 9.36.